The topological polar surface area (TPSA) is 55.4 Å². The second kappa shape index (κ2) is 5.59. The molecule has 0 aliphatic rings. The second-order valence-electron chi connectivity index (χ2n) is 2.78. The van der Waals surface area contributed by atoms with E-state index in [1.165, 1.54) is 13.1 Å². The van der Waals surface area contributed by atoms with Gasteiger partial charge in [-0.05, 0) is 23.8 Å². The minimum Gasteiger partial charge on any atom is -0.427 e. The maximum atomic E-state index is 10.6. The summed E-state index contributed by atoms with van der Waals surface area (Å²) in [5.41, 5.74) is 0.903. The van der Waals surface area contributed by atoms with E-state index >= 15 is 0 Å². The predicted octanol–water partition coefficient (Wildman–Crippen LogP) is 1.33. The molecule has 1 aromatic rings. The maximum absolute atomic E-state index is 10.6. The van der Waals surface area contributed by atoms with Gasteiger partial charge in [0.2, 0.25) is 6.41 Å². The Morgan fingerprint density at radius 1 is 1.33 bits per heavy atom. The fourth-order valence-electron chi connectivity index (χ4n) is 0.997. The van der Waals surface area contributed by atoms with Crippen LogP contribution in [0.3, 0.4) is 0 Å². The van der Waals surface area contributed by atoms with Gasteiger partial charge in [0.05, 0.1) is 0 Å². The van der Waals surface area contributed by atoms with E-state index in [4.69, 9.17) is 4.74 Å². The molecule has 15 heavy (non-hydrogen) atoms. The van der Waals surface area contributed by atoms with Gasteiger partial charge in [0.1, 0.15) is 5.75 Å². The van der Waals surface area contributed by atoms with Crippen LogP contribution in [0.2, 0.25) is 0 Å². The van der Waals surface area contributed by atoms with E-state index in [1.807, 2.05) is 0 Å². The highest BCUT2D eigenvalue weighted by Crippen LogP contribution is 2.12. The zero-order chi connectivity index (χ0) is 11.1. The van der Waals surface area contributed by atoms with Crippen molar-refractivity contribution in [1.82, 2.24) is 5.32 Å². The van der Waals surface area contributed by atoms with Gasteiger partial charge in [-0.25, -0.2) is 0 Å². The molecule has 0 atom stereocenters. The normalized spacial score (nSPS) is 9.93. The third kappa shape index (κ3) is 4.08. The van der Waals surface area contributed by atoms with E-state index in [9.17, 15) is 9.59 Å². The number of amides is 1. The molecule has 4 nitrogen and oxygen atoms in total. The summed E-state index contributed by atoms with van der Waals surface area (Å²) < 4.78 is 4.86. The molecule has 0 aliphatic heterocycles. The Kier molecular flexibility index (Phi) is 4.09. The SMILES string of the molecule is CC(=O)Oc1ccc(/C=C/NC=O)cc1. The number of rotatable bonds is 4. The van der Waals surface area contributed by atoms with Gasteiger partial charge in [0.15, 0.2) is 0 Å². The summed E-state index contributed by atoms with van der Waals surface area (Å²) in [5.74, 6) is 0.156. The van der Waals surface area contributed by atoms with Gasteiger partial charge in [-0.3, -0.25) is 9.59 Å². The number of carbonyl (C=O) groups excluding carboxylic acids is 2. The van der Waals surface area contributed by atoms with E-state index in [1.54, 1.807) is 30.3 Å². The highest BCUT2D eigenvalue weighted by molar-refractivity contribution is 5.69. The summed E-state index contributed by atoms with van der Waals surface area (Å²) in [5, 5.41) is 2.40. The van der Waals surface area contributed by atoms with Crippen molar-refractivity contribution in [3.63, 3.8) is 0 Å². The number of ether oxygens (including phenoxy) is 1. The van der Waals surface area contributed by atoms with Gasteiger partial charge in [-0.1, -0.05) is 12.1 Å². The molecule has 4 heteroatoms. The standard InChI is InChI=1S/C11H11NO3/c1-9(14)15-11-4-2-10(3-5-11)6-7-12-8-13/h2-8H,1H3,(H,12,13)/b7-6+. The van der Waals surface area contributed by atoms with Gasteiger partial charge in [0, 0.05) is 13.1 Å². The van der Waals surface area contributed by atoms with Gasteiger partial charge in [0.25, 0.3) is 0 Å². The van der Waals surface area contributed by atoms with Crippen LogP contribution in [0.5, 0.6) is 5.75 Å². The molecule has 0 saturated carbocycles. The first kappa shape index (κ1) is 11.0. The fourth-order valence-corrected chi connectivity index (χ4v) is 0.997. The third-order valence-electron chi connectivity index (χ3n) is 1.58. The Hall–Kier alpha value is -2.10. The number of hydrogen-bond acceptors (Lipinski definition) is 3. The lowest BCUT2D eigenvalue weighted by atomic mass is 10.2. The largest absolute Gasteiger partial charge is 0.427 e. The minimum atomic E-state index is -0.346. The zero-order valence-corrected chi connectivity index (χ0v) is 8.27. The summed E-state index contributed by atoms with van der Waals surface area (Å²) >= 11 is 0. The van der Waals surface area contributed by atoms with Crippen LogP contribution in [0.4, 0.5) is 0 Å². The van der Waals surface area contributed by atoms with Crippen LogP contribution in [0.15, 0.2) is 30.5 Å². The van der Waals surface area contributed by atoms with Crippen molar-refractivity contribution in [2.45, 2.75) is 6.92 Å². The molecule has 0 aromatic heterocycles. The summed E-state index contributed by atoms with van der Waals surface area (Å²) in [6.07, 6.45) is 3.84. The molecule has 0 saturated heterocycles. The van der Waals surface area contributed by atoms with Crippen molar-refractivity contribution in [3.8, 4) is 5.75 Å². The van der Waals surface area contributed by atoms with Crippen LogP contribution in [-0.2, 0) is 9.59 Å². The van der Waals surface area contributed by atoms with E-state index in [-0.39, 0.29) is 5.97 Å². The molecule has 1 amide bonds. The van der Waals surface area contributed by atoms with Crippen LogP contribution in [0.25, 0.3) is 6.08 Å². The van der Waals surface area contributed by atoms with Crippen molar-refractivity contribution in [2.24, 2.45) is 0 Å². The molecule has 1 N–H and O–H groups in total. The third-order valence-corrected chi connectivity index (χ3v) is 1.58. The Balaban J connectivity index is 2.63. The first-order valence-electron chi connectivity index (χ1n) is 4.37. The van der Waals surface area contributed by atoms with Crippen LogP contribution in [0.1, 0.15) is 12.5 Å². The van der Waals surface area contributed by atoms with E-state index in [2.05, 4.69) is 5.32 Å². The highest BCUT2D eigenvalue weighted by Gasteiger charge is 1.96. The van der Waals surface area contributed by atoms with Crippen LogP contribution in [0, 0.1) is 0 Å². The molecule has 0 fully saturated rings. The Labute approximate surface area is 87.6 Å². The minimum absolute atomic E-state index is 0.346. The first-order chi connectivity index (χ1) is 7.22. The van der Waals surface area contributed by atoms with Crippen LogP contribution in [-0.4, -0.2) is 12.4 Å². The quantitative estimate of drug-likeness (QED) is 0.458. The maximum Gasteiger partial charge on any atom is 0.308 e. The number of benzene rings is 1. The monoisotopic (exact) mass is 205 g/mol. The lowest BCUT2D eigenvalue weighted by Crippen LogP contribution is -2.01. The molecule has 1 aromatic carbocycles. The molecule has 0 bridgehead atoms. The number of esters is 1. The summed E-state index contributed by atoms with van der Waals surface area (Å²) in [6, 6.07) is 6.92. The van der Waals surface area contributed by atoms with Crippen LogP contribution >= 0.6 is 0 Å². The number of nitrogens with one attached hydrogen (secondary N) is 1. The predicted molar refractivity (Wildman–Crippen MR) is 56.0 cm³/mol. The van der Waals surface area contributed by atoms with Gasteiger partial charge >= 0.3 is 5.97 Å². The fraction of sp³-hybridized carbons (Fsp3) is 0.0909. The smallest absolute Gasteiger partial charge is 0.308 e. The van der Waals surface area contributed by atoms with Crippen LogP contribution < -0.4 is 10.1 Å². The molecule has 78 valence electrons. The Bertz CT molecular complexity index is 368. The summed E-state index contributed by atoms with van der Waals surface area (Å²) in [4.78, 5) is 20.6. The number of hydrogen-bond donors (Lipinski definition) is 1. The first-order valence-corrected chi connectivity index (χ1v) is 4.37. The average Bonchev–Trinajstić information content (AvgIpc) is 2.20. The van der Waals surface area contributed by atoms with Crippen molar-refractivity contribution in [3.05, 3.63) is 36.0 Å². The highest BCUT2D eigenvalue weighted by atomic mass is 16.5. The van der Waals surface area contributed by atoms with Gasteiger partial charge in [-0.2, -0.15) is 0 Å². The molecule has 0 aliphatic carbocycles. The molecule has 0 radical (unpaired) electrons. The van der Waals surface area contributed by atoms with Crippen molar-refractivity contribution in [1.29, 1.82) is 0 Å². The van der Waals surface area contributed by atoms with Gasteiger partial charge in [-0.15, -0.1) is 0 Å². The van der Waals surface area contributed by atoms with Crippen molar-refractivity contribution >= 4 is 18.5 Å². The molecular weight excluding hydrogens is 194 g/mol. The lowest BCUT2D eigenvalue weighted by molar-refractivity contribution is -0.131. The molecule has 0 spiro atoms. The van der Waals surface area contributed by atoms with Crippen molar-refractivity contribution < 1.29 is 14.3 Å². The second-order valence-corrected chi connectivity index (χ2v) is 2.78. The van der Waals surface area contributed by atoms with E-state index in [0.29, 0.717) is 12.2 Å². The zero-order valence-electron chi connectivity index (χ0n) is 8.27. The summed E-state index contributed by atoms with van der Waals surface area (Å²) in [6.45, 7) is 1.35. The molecule has 0 unspecified atom stereocenters. The molecular formula is C11H11NO3. The Morgan fingerprint density at radius 2 is 2.00 bits per heavy atom. The van der Waals surface area contributed by atoms with E-state index in [0.717, 1.165) is 5.56 Å². The summed E-state index contributed by atoms with van der Waals surface area (Å²) in [7, 11) is 0. The van der Waals surface area contributed by atoms with Gasteiger partial charge < -0.3 is 10.1 Å². The lowest BCUT2D eigenvalue weighted by Gasteiger charge is -2.00. The average molecular weight is 205 g/mol. The van der Waals surface area contributed by atoms with Crippen molar-refractivity contribution in [2.75, 3.05) is 0 Å². The molecule has 1 rings (SSSR count). The number of carbonyl (C=O) groups is 2. The Morgan fingerprint density at radius 3 is 2.53 bits per heavy atom. The van der Waals surface area contributed by atoms with E-state index < -0.39 is 0 Å². The molecule has 0 heterocycles.